The van der Waals surface area contributed by atoms with Crippen LogP contribution in [-0.2, 0) is 0 Å². The van der Waals surface area contributed by atoms with E-state index in [1.165, 1.54) is 37.7 Å². The Morgan fingerprint density at radius 1 is 1.07 bits per heavy atom. The van der Waals surface area contributed by atoms with Crippen molar-refractivity contribution < 1.29 is 0 Å². The van der Waals surface area contributed by atoms with E-state index < -0.39 is 0 Å². The minimum Gasteiger partial charge on any atom is -0.398 e. The highest BCUT2D eigenvalue weighted by atomic mass is 14.6. The van der Waals surface area contributed by atoms with Crippen molar-refractivity contribution in [2.24, 2.45) is 0 Å². The van der Waals surface area contributed by atoms with Crippen molar-refractivity contribution in [2.75, 3.05) is 11.5 Å². The molecule has 1 aromatic rings. The van der Waals surface area contributed by atoms with E-state index in [1.807, 2.05) is 12.1 Å². The molecule has 0 radical (unpaired) electrons. The quantitative estimate of drug-likeness (QED) is 0.690. The second-order valence-corrected chi connectivity index (χ2v) is 4.63. The van der Waals surface area contributed by atoms with Crippen LogP contribution in [0.15, 0.2) is 12.1 Å². The number of nitrogens with two attached hydrogens (primary N) is 2. The summed E-state index contributed by atoms with van der Waals surface area (Å²) in [4.78, 5) is 0. The summed E-state index contributed by atoms with van der Waals surface area (Å²) in [6, 6.07) is 4.01. The van der Waals surface area contributed by atoms with Crippen molar-refractivity contribution in [3.63, 3.8) is 0 Å². The first-order chi connectivity index (χ1) is 7.20. The first kappa shape index (κ1) is 10.3. The minimum atomic E-state index is 0.596. The molecular formula is C13H20N2. The van der Waals surface area contributed by atoms with Gasteiger partial charge in [0.1, 0.15) is 0 Å². The fraction of sp³-hybridized carbons (Fsp3) is 0.538. The fourth-order valence-corrected chi connectivity index (χ4v) is 2.61. The molecule has 15 heavy (non-hydrogen) atoms. The Labute approximate surface area is 91.7 Å². The topological polar surface area (TPSA) is 52.0 Å². The zero-order chi connectivity index (χ0) is 10.8. The van der Waals surface area contributed by atoms with Crippen LogP contribution in [0.25, 0.3) is 0 Å². The Morgan fingerprint density at radius 2 is 1.73 bits per heavy atom. The van der Waals surface area contributed by atoms with Crippen molar-refractivity contribution in [3.8, 4) is 0 Å². The zero-order valence-electron chi connectivity index (χ0n) is 9.42. The molecule has 1 aliphatic carbocycles. The average Bonchev–Trinajstić information content (AvgIpc) is 2.26. The predicted molar refractivity (Wildman–Crippen MR) is 65.8 cm³/mol. The molecule has 0 heterocycles. The molecule has 0 aliphatic heterocycles. The summed E-state index contributed by atoms with van der Waals surface area (Å²) in [5, 5.41) is 0. The van der Waals surface area contributed by atoms with Gasteiger partial charge in [-0.25, -0.2) is 0 Å². The molecule has 1 aromatic carbocycles. The third-order valence-corrected chi connectivity index (χ3v) is 3.55. The van der Waals surface area contributed by atoms with E-state index in [9.17, 15) is 0 Å². The number of nitrogen functional groups attached to an aromatic ring is 2. The van der Waals surface area contributed by atoms with Crippen LogP contribution in [0.4, 0.5) is 11.4 Å². The number of benzene rings is 1. The molecule has 1 saturated carbocycles. The van der Waals surface area contributed by atoms with Crippen LogP contribution in [0.5, 0.6) is 0 Å². The van der Waals surface area contributed by atoms with E-state index in [2.05, 4.69) is 6.92 Å². The smallest absolute Gasteiger partial charge is 0.0399 e. The highest BCUT2D eigenvalue weighted by molar-refractivity contribution is 5.66. The maximum atomic E-state index is 6.13. The summed E-state index contributed by atoms with van der Waals surface area (Å²) in [7, 11) is 0. The third kappa shape index (κ3) is 1.94. The lowest BCUT2D eigenvalue weighted by atomic mass is 9.82. The summed E-state index contributed by atoms with van der Waals surface area (Å²) in [6.07, 6.45) is 6.49. The molecule has 1 aliphatic rings. The molecule has 0 amide bonds. The van der Waals surface area contributed by atoms with E-state index in [4.69, 9.17) is 11.5 Å². The van der Waals surface area contributed by atoms with Crippen molar-refractivity contribution >= 4 is 11.4 Å². The summed E-state index contributed by atoms with van der Waals surface area (Å²) in [6.45, 7) is 2.06. The Bertz CT molecular complexity index is 352. The maximum Gasteiger partial charge on any atom is 0.0399 e. The van der Waals surface area contributed by atoms with E-state index in [1.54, 1.807) is 0 Å². The molecule has 0 saturated heterocycles. The van der Waals surface area contributed by atoms with E-state index in [0.717, 1.165) is 16.9 Å². The van der Waals surface area contributed by atoms with Crippen LogP contribution < -0.4 is 11.5 Å². The van der Waals surface area contributed by atoms with Gasteiger partial charge >= 0.3 is 0 Å². The van der Waals surface area contributed by atoms with Gasteiger partial charge in [0.15, 0.2) is 0 Å². The molecule has 0 atom stereocenters. The third-order valence-electron chi connectivity index (χ3n) is 3.55. The zero-order valence-corrected chi connectivity index (χ0v) is 9.42. The first-order valence-corrected chi connectivity index (χ1v) is 5.84. The monoisotopic (exact) mass is 204 g/mol. The molecule has 2 nitrogen and oxygen atoms in total. The van der Waals surface area contributed by atoms with Crippen LogP contribution in [-0.4, -0.2) is 0 Å². The highest BCUT2D eigenvalue weighted by Crippen LogP contribution is 2.39. The molecule has 0 spiro atoms. The van der Waals surface area contributed by atoms with Gasteiger partial charge in [-0.15, -0.1) is 0 Å². The van der Waals surface area contributed by atoms with Crippen LogP contribution in [0.3, 0.4) is 0 Å². The molecule has 0 aromatic heterocycles. The molecule has 0 unspecified atom stereocenters. The second-order valence-electron chi connectivity index (χ2n) is 4.63. The minimum absolute atomic E-state index is 0.596. The van der Waals surface area contributed by atoms with Crippen LogP contribution in [0, 0.1) is 6.92 Å². The van der Waals surface area contributed by atoms with Crippen LogP contribution in [0.1, 0.15) is 49.1 Å². The van der Waals surface area contributed by atoms with Crippen molar-refractivity contribution in [1.29, 1.82) is 0 Å². The maximum absolute atomic E-state index is 6.13. The lowest BCUT2D eigenvalue weighted by Crippen LogP contribution is -2.11. The van der Waals surface area contributed by atoms with Gasteiger partial charge in [-0.3, -0.25) is 0 Å². The van der Waals surface area contributed by atoms with Gasteiger partial charge < -0.3 is 11.5 Å². The van der Waals surface area contributed by atoms with Crippen LogP contribution >= 0.6 is 0 Å². The summed E-state index contributed by atoms with van der Waals surface area (Å²) < 4.78 is 0. The van der Waals surface area contributed by atoms with E-state index in [-0.39, 0.29) is 0 Å². The molecule has 1 fully saturated rings. The normalized spacial score (nSPS) is 17.9. The first-order valence-electron chi connectivity index (χ1n) is 5.84. The summed E-state index contributed by atoms with van der Waals surface area (Å²) in [5.41, 5.74) is 16.3. The average molecular weight is 204 g/mol. The molecule has 2 rings (SSSR count). The largest absolute Gasteiger partial charge is 0.398 e. The summed E-state index contributed by atoms with van der Waals surface area (Å²) >= 11 is 0. The Morgan fingerprint density at radius 3 is 2.40 bits per heavy atom. The van der Waals surface area contributed by atoms with E-state index in [0.29, 0.717) is 5.92 Å². The second kappa shape index (κ2) is 4.13. The Balaban J connectivity index is 2.36. The number of aryl methyl sites for hydroxylation is 1. The molecule has 2 heteroatoms. The Kier molecular flexibility index (Phi) is 2.85. The van der Waals surface area contributed by atoms with E-state index >= 15 is 0 Å². The van der Waals surface area contributed by atoms with Gasteiger partial charge in [0, 0.05) is 16.9 Å². The van der Waals surface area contributed by atoms with Gasteiger partial charge in [0.2, 0.25) is 0 Å². The van der Waals surface area contributed by atoms with Gasteiger partial charge in [0.05, 0.1) is 0 Å². The number of hydrogen-bond donors (Lipinski definition) is 2. The van der Waals surface area contributed by atoms with Gasteiger partial charge in [-0.05, 0) is 37.3 Å². The standard InChI is InChI=1S/C13H20N2/c1-9-7-8-11(14)12(13(9)15)10-5-3-2-4-6-10/h7-8,10H,2-6,14-15H2,1H3. The predicted octanol–water partition coefficient (Wildman–Crippen LogP) is 3.21. The van der Waals surface area contributed by atoms with Gasteiger partial charge in [0.25, 0.3) is 0 Å². The van der Waals surface area contributed by atoms with Crippen molar-refractivity contribution in [3.05, 3.63) is 23.3 Å². The lowest BCUT2D eigenvalue weighted by molar-refractivity contribution is 0.445. The number of hydrogen-bond acceptors (Lipinski definition) is 2. The highest BCUT2D eigenvalue weighted by Gasteiger charge is 2.20. The molecule has 4 N–H and O–H groups in total. The molecule has 82 valence electrons. The van der Waals surface area contributed by atoms with Gasteiger partial charge in [-0.1, -0.05) is 25.3 Å². The van der Waals surface area contributed by atoms with Crippen molar-refractivity contribution in [2.45, 2.75) is 44.9 Å². The lowest BCUT2D eigenvalue weighted by Gasteiger charge is -2.25. The fourth-order valence-electron chi connectivity index (χ4n) is 2.61. The van der Waals surface area contributed by atoms with Crippen LogP contribution in [0.2, 0.25) is 0 Å². The Hall–Kier alpha value is -1.18. The number of rotatable bonds is 1. The number of anilines is 2. The SMILES string of the molecule is Cc1ccc(N)c(C2CCCCC2)c1N. The molecular weight excluding hydrogens is 184 g/mol. The molecule has 0 bridgehead atoms. The summed E-state index contributed by atoms with van der Waals surface area (Å²) in [5.74, 6) is 0.596. The van der Waals surface area contributed by atoms with Gasteiger partial charge in [-0.2, -0.15) is 0 Å². The van der Waals surface area contributed by atoms with Crippen molar-refractivity contribution in [1.82, 2.24) is 0 Å².